The maximum absolute atomic E-state index is 11.4. The van der Waals surface area contributed by atoms with Crippen LogP contribution in [0.3, 0.4) is 0 Å². The summed E-state index contributed by atoms with van der Waals surface area (Å²) in [6.45, 7) is 0. The van der Waals surface area contributed by atoms with Crippen molar-refractivity contribution in [3.63, 3.8) is 0 Å². The number of benzene rings is 1. The van der Waals surface area contributed by atoms with Crippen molar-refractivity contribution in [2.24, 2.45) is 0 Å². The molecule has 7 nitrogen and oxygen atoms in total. The number of hydrogen-bond donors (Lipinski definition) is 3. The molecule has 3 aromatic rings. The highest BCUT2D eigenvalue weighted by Crippen LogP contribution is 2.27. The molecule has 3 heterocycles. The first-order valence-electron chi connectivity index (χ1n) is 6.60. The Balaban J connectivity index is 1.71. The molecule has 1 aliphatic heterocycles. The van der Waals surface area contributed by atoms with Crippen molar-refractivity contribution in [2.45, 2.75) is 6.42 Å². The van der Waals surface area contributed by atoms with E-state index in [1.165, 1.54) is 6.33 Å². The van der Waals surface area contributed by atoms with Gasteiger partial charge in [-0.2, -0.15) is 4.98 Å². The zero-order chi connectivity index (χ0) is 15.1. The van der Waals surface area contributed by atoms with Crippen molar-refractivity contribution in [1.29, 1.82) is 0 Å². The summed E-state index contributed by atoms with van der Waals surface area (Å²) in [5.74, 6) is 2.87. The van der Waals surface area contributed by atoms with Crippen LogP contribution in [0.5, 0.6) is 0 Å². The number of nitrogens with zero attached hydrogens (tertiary/aromatic N) is 3. The Morgan fingerprint density at radius 2 is 2.23 bits per heavy atom. The molecule has 0 fully saturated rings. The zero-order valence-corrected chi connectivity index (χ0v) is 11.3. The van der Waals surface area contributed by atoms with Gasteiger partial charge in [-0.1, -0.05) is 0 Å². The van der Waals surface area contributed by atoms with Gasteiger partial charge in [0.25, 0.3) is 0 Å². The third-order valence-corrected chi connectivity index (χ3v) is 3.41. The monoisotopic (exact) mass is 290 g/mol. The molecule has 0 atom stereocenters. The second-order valence-electron chi connectivity index (χ2n) is 4.86. The lowest BCUT2D eigenvalue weighted by Crippen LogP contribution is -2.03. The maximum Gasteiger partial charge on any atom is 0.230 e. The summed E-state index contributed by atoms with van der Waals surface area (Å²) in [7, 11) is 0. The lowest BCUT2D eigenvalue weighted by Gasteiger charge is -2.07. The molecule has 0 unspecified atom stereocenters. The molecule has 1 aliphatic rings. The fourth-order valence-corrected chi connectivity index (χ4v) is 2.43. The molecule has 1 amide bonds. The fraction of sp³-hybridized carbons (Fsp3) is 0.0667. The number of nitrogens with one attached hydrogen (secondary N) is 3. The number of terminal acetylenes is 1. The van der Waals surface area contributed by atoms with Gasteiger partial charge in [-0.05, 0) is 29.7 Å². The number of rotatable bonds is 2. The number of H-pyrrole nitrogens is 1. The van der Waals surface area contributed by atoms with Crippen molar-refractivity contribution in [1.82, 2.24) is 19.9 Å². The van der Waals surface area contributed by atoms with Crippen LogP contribution in [-0.2, 0) is 11.2 Å². The minimum absolute atomic E-state index is 0.00374. The highest BCUT2D eigenvalue weighted by molar-refractivity contribution is 5.99. The van der Waals surface area contributed by atoms with Crippen LogP contribution in [0.25, 0.3) is 11.2 Å². The number of fused-ring (bicyclic) bond motifs is 2. The first-order valence-corrected chi connectivity index (χ1v) is 6.60. The quantitative estimate of drug-likeness (QED) is 0.623. The predicted molar refractivity (Wildman–Crippen MR) is 81.7 cm³/mol. The van der Waals surface area contributed by atoms with Crippen molar-refractivity contribution < 1.29 is 4.79 Å². The normalized spacial score (nSPS) is 12.8. The molecular weight excluding hydrogens is 280 g/mol. The second-order valence-corrected chi connectivity index (χ2v) is 4.86. The van der Waals surface area contributed by atoms with Crippen LogP contribution in [0.4, 0.5) is 17.3 Å². The first-order chi connectivity index (χ1) is 10.7. The van der Waals surface area contributed by atoms with Crippen LogP contribution in [0.15, 0.2) is 24.5 Å². The summed E-state index contributed by atoms with van der Waals surface area (Å²) in [5.41, 5.74) is 4.15. The topological polar surface area (TPSA) is 95.6 Å². The average Bonchev–Trinajstić information content (AvgIpc) is 3.11. The molecule has 22 heavy (non-hydrogen) atoms. The summed E-state index contributed by atoms with van der Waals surface area (Å²) in [6, 6.07) is 5.58. The van der Waals surface area contributed by atoms with Crippen LogP contribution < -0.4 is 10.6 Å². The van der Waals surface area contributed by atoms with Gasteiger partial charge in [0.2, 0.25) is 11.9 Å². The SMILES string of the molecule is C#Cc1nc(Nc2ccc3c(c2)CC(=O)N3)nc2nc[nH]c12. The number of anilines is 3. The minimum atomic E-state index is -0.00374. The standard InChI is InChI=1S/C15H10N6O/c1-2-10-13-14(17-7-16-13)21-15(20-10)18-9-3-4-11-8(5-9)6-12(22)19-11/h1,3-5,7H,6H2,(H,19,22)(H2,16,17,18,20,21). The maximum atomic E-state index is 11.4. The van der Waals surface area contributed by atoms with E-state index in [0.717, 1.165) is 16.9 Å². The summed E-state index contributed by atoms with van der Waals surface area (Å²) in [6.07, 6.45) is 7.36. The van der Waals surface area contributed by atoms with E-state index in [0.29, 0.717) is 29.2 Å². The molecule has 1 aromatic carbocycles. The Morgan fingerprint density at radius 1 is 1.32 bits per heavy atom. The van der Waals surface area contributed by atoms with Gasteiger partial charge >= 0.3 is 0 Å². The van der Waals surface area contributed by atoms with E-state index < -0.39 is 0 Å². The molecule has 0 spiro atoms. The number of imidazole rings is 1. The lowest BCUT2D eigenvalue weighted by molar-refractivity contribution is -0.115. The molecule has 106 valence electrons. The Morgan fingerprint density at radius 3 is 3.09 bits per heavy atom. The van der Waals surface area contributed by atoms with E-state index in [4.69, 9.17) is 6.42 Å². The van der Waals surface area contributed by atoms with Gasteiger partial charge in [0.05, 0.1) is 12.7 Å². The van der Waals surface area contributed by atoms with Gasteiger partial charge in [-0.15, -0.1) is 6.42 Å². The number of amides is 1. The highest BCUT2D eigenvalue weighted by Gasteiger charge is 2.17. The van der Waals surface area contributed by atoms with Gasteiger partial charge in [-0.3, -0.25) is 4.79 Å². The predicted octanol–water partition coefficient (Wildman–Crippen LogP) is 1.57. The molecule has 7 heteroatoms. The van der Waals surface area contributed by atoms with Gasteiger partial charge in [0.1, 0.15) is 11.2 Å². The molecule has 3 N–H and O–H groups in total. The minimum Gasteiger partial charge on any atom is -0.341 e. The van der Waals surface area contributed by atoms with Gasteiger partial charge in [0.15, 0.2) is 5.65 Å². The molecule has 0 aliphatic carbocycles. The molecule has 2 aromatic heterocycles. The van der Waals surface area contributed by atoms with E-state index in [2.05, 4.69) is 36.5 Å². The Kier molecular flexibility index (Phi) is 2.56. The molecule has 0 saturated carbocycles. The smallest absolute Gasteiger partial charge is 0.230 e. The summed E-state index contributed by atoms with van der Waals surface area (Å²) in [4.78, 5) is 27.0. The zero-order valence-electron chi connectivity index (χ0n) is 11.3. The van der Waals surface area contributed by atoms with Gasteiger partial charge in [-0.25, -0.2) is 9.97 Å². The van der Waals surface area contributed by atoms with Crippen molar-refractivity contribution in [3.05, 3.63) is 35.8 Å². The van der Waals surface area contributed by atoms with Crippen LogP contribution in [0, 0.1) is 12.3 Å². The molecule has 0 radical (unpaired) electrons. The van der Waals surface area contributed by atoms with Crippen LogP contribution in [0.2, 0.25) is 0 Å². The van der Waals surface area contributed by atoms with E-state index >= 15 is 0 Å². The summed E-state index contributed by atoms with van der Waals surface area (Å²) >= 11 is 0. The Hall–Kier alpha value is -3.40. The van der Waals surface area contributed by atoms with Crippen LogP contribution in [-0.4, -0.2) is 25.8 Å². The van der Waals surface area contributed by atoms with E-state index in [1.807, 2.05) is 18.2 Å². The van der Waals surface area contributed by atoms with Gasteiger partial charge < -0.3 is 15.6 Å². The van der Waals surface area contributed by atoms with Gasteiger partial charge in [0, 0.05) is 11.4 Å². The van der Waals surface area contributed by atoms with E-state index in [-0.39, 0.29) is 5.91 Å². The third kappa shape index (κ3) is 1.94. The lowest BCUT2D eigenvalue weighted by atomic mass is 10.1. The molecule has 4 rings (SSSR count). The number of hydrogen-bond acceptors (Lipinski definition) is 5. The van der Waals surface area contributed by atoms with E-state index in [1.54, 1.807) is 0 Å². The second kappa shape index (κ2) is 4.56. The van der Waals surface area contributed by atoms with Crippen LogP contribution in [0.1, 0.15) is 11.3 Å². The number of carbonyl (C=O) groups excluding carboxylic acids is 1. The number of aromatic nitrogens is 4. The molecule has 0 bridgehead atoms. The Labute approximate surface area is 125 Å². The summed E-state index contributed by atoms with van der Waals surface area (Å²) in [5, 5.41) is 5.88. The first kappa shape index (κ1) is 12.3. The largest absolute Gasteiger partial charge is 0.341 e. The molecule has 0 saturated heterocycles. The van der Waals surface area contributed by atoms with E-state index in [9.17, 15) is 4.79 Å². The van der Waals surface area contributed by atoms with Crippen molar-refractivity contribution >= 4 is 34.4 Å². The molecular formula is C15H10N6O. The third-order valence-electron chi connectivity index (χ3n) is 3.41. The number of carbonyl (C=O) groups is 1. The van der Waals surface area contributed by atoms with Crippen molar-refractivity contribution in [2.75, 3.05) is 10.6 Å². The van der Waals surface area contributed by atoms with Crippen molar-refractivity contribution in [3.8, 4) is 12.3 Å². The average molecular weight is 290 g/mol. The number of aromatic amines is 1. The highest BCUT2D eigenvalue weighted by atomic mass is 16.1. The summed E-state index contributed by atoms with van der Waals surface area (Å²) < 4.78 is 0. The van der Waals surface area contributed by atoms with Crippen LogP contribution >= 0.6 is 0 Å². The fourth-order valence-electron chi connectivity index (χ4n) is 2.43. The Bertz CT molecular complexity index is 952.